The van der Waals surface area contributed by atoms with E-state index in [1.807, 2.05) is 0 Å². The first-order valence-corrected chi connectivity index (χ1v) is 12.8. The van der Waals surface area contributed by atoms with Gasteiger partial charge in [0.15, 0.2) is 0 Å². The number of fused-ring (bicyclic) bond motifs is 5. The third-order valence-corrected chi connectivity index (χ3v) is 7.56. The van der Waals surface area contributed by atoms with Gasteiger partial charge in [-0.25, -0.2) is 0 Å². The highest BCUT2D eigenvalue weighted by Crippen LogP contribution is 2.32. The van der Waals surface area contributed by atoms with Gasteiger partial charge in [-0.15, -0.1) is 0 Å². The van der Waals surface area contributed by atoms with Gasteiger partial charge in [0, 0.05) is 0 Å². The normalized spacial score (nSPS) is 12.4. The van der Waals surface area contributed by atoms with Gasteiger partial charge in [-0.3, -0.25) is 0 Å². The summed E-state index contributed by atoms with van der Waals surface area (Å²) in [6.45, 7) is 7.30. The minimum absolute atomic E-state index is 1.31. The van der Waals surface area contributed by atoms with E-state index in [4.69, 9.17) is 0 Å². The average molecular weight is 351 g/mol. The number of benzene rings is 5. The Hall–Kier alpha value is -2.64. The predicted octanol–water partition coefficient (Wildman–Crippen LogP) is 6.84. The second-order valence-corrected chi connectivity index (χ2v) is 13.4. The first kappa shape index (κ1) is 15.6. The molecule has 0 atom stereocenters. The highest BCUT2D eigenvalue weighted by Gasteiger charge is 2.19. The Kier molecular flexibility index (Phi) is 3.25. The summed E-state index contributed by atoms with van der Waals surface area (Å²) in [5.41, 5.74) is 0. The van der Waals surface area contributed by atoms with Crippen molar-refractivity contribution in [2.45, 2.75) is 19.6 Å². The fourth-order valence-corrected chi connectivity index (χ4v) is 5.80. The van der Waals surface area contributed by atoms with Crippen molar-refractivity contribution < 1.29 is 0 Å². The molecule has 5 aromatic carbocycles. The van der Waals surface area contributed by atoms with Crippen LogP contribution in [0.15, 0.2) is 78.9 Å². The molecule has 0 spiro atoms. The van der Waals surface area contributed by atoms with E-state index in [0.29, 0.717) is 0 Å². The van der Waals surface area contributed by atoms with Crippen molar-refractivity contribution in [3.05, 3.63) is 78.9 Å². The zero-order chi connectivity index (χ0) is 17.9. The standard InChI is InChI=1S/C25H22Si/c1-26(2,3)25-10-6-9-19-14-21-12-11-20-13-17-7-4-5-8-18(17)15-22(20)23(21)16-24(19)25/h4-16H,1-3H3. The quantitative estimate of drug-likeness (QED) is 0.176. The molecule has 0 bridgehead atoms. The molecule has 0 N–H and O–H groups in total. The van der Waals surface area contributed by atoms with E-state index in [1.54, 1.807) is 5.19 Å². The number of hydrogen-bond acceptors (Lipinski definition) is 0. The maximum Gasteiger partial charge on any atom is 0.0784 e. The van der Waals surface area contributed by atoms with Crippen LogP contribution in [-0.4, -0.2) is 8.07 Å². The maximum atomic E-state index is 2.44. The van der Waals surface area contributed by atoms with Gasteiger partial charge < -0.3 is 0 Å². The van der Waals surface area contributed by atoms with Gasteiger partial charge in [-0.2, -0.15) is 0 Å². The van der Waals surface area contributed by atoms with Crippen LogP contribution in [0.25, 0.3) is 43.1 Å². The van der Waals surface area contributed by atoms with Crippen LogP contribution >= 0.6 is 0 Å². The maximum absolute atomic E-state index is 2.44. The van der Waals surface area contributed by atoms with Crippen molar-refractivity contribution in [3.8, 4) is 0 Å². The third-order valence-electron chi connectivity index (χ3n) is 5.51. The molecule has 0 radical (unpaired) electrons. The molecule has 0 aliphatic carbocycles. The van der Waals surface area contributed by atoms with Crippen LogP contribution < -0.4 is 5.19 Å². The molecule has 126 valence electrons. The zero-order valence-corrected chi connectivity index (χ0v) is 16.5. The van der Waals surface area contributed by atoms with Crippen LogP contribution in [0.3, 0.4) is 0 Å². The third kappa shape index (κ3) is 2.35. The Balaban J connectivity index is 1.95. The SMILES string of the molecule is C[Si](C)(C)c1cccc2cc3ccc4cc5ccccc5cc4c3cc12. The molecule has 0 aliphatic heterocycles. The molecule has 0 saturated heterocycles. The Morgan fingerprint density at radius 2 is 1.00 bits per heavy atom. The lowest BCUT2D eigenvalue weighted by molar-refractivity contribution is 1.73. The van der Waals surface area contributed by atoms with Crippen LogP contribution in [-0.2, 0) is 0 Å². The lowest BCUT2D eigenvalue weighted by Crippen LogP contribution is -2.37. The molecule has 0 aromatic heterocycles. The molecule has 26 heavy (non-hydrogen) atoms. The summed E-state index contributed by atoms with van der Waals surface area (Å²) < 4.78 is 0. The smallest absolute Gasteiger partial charge is 0.0656 e. The molecule has 0 amide bonds. The summed E-state index contributed by atoms with van der Waals surface area (Å²) in [5, 5.41) is 12.3. The monoisotopic (exact) mass is 350 g/mol. The Bertz CT molecular complexity index is 1310. The van der Waals surface area contributed by atoms with Gasteiger partial charge in [-0.05, 0) is 67.4 Å². The van der Waals surface area contributed by atoms with E-state index in [1.165, 1.54) is 43.1 Å². The van der Waals surface area contributed by atoms with Crippen molar-refractivity contribution in [1.82, 2.24) is 0 Å². The highest BCUT2D eigenvalue weighted by atomic mass is 28.3. The van der Waals surface area contributed by atoms with Crippen LogP contribution in [0.4, 0.5) is 0 Å². The molecular weight excluding hydrogens is 328 g/mol. The van der Waals surface area contributed by atoms with Crippen molar-refractivity contribution in [2.75, 3.05) is 0 Å². The highest BCUT2D eigenvalue weighted by molar-refractivity contribution is 6.90. The molecule has 1 heteroatoms. The lowest BCUT2D eigenvalue weighted by atomic mass is 9.96. The first-order valence-electron chi connectivity index (χ1n) is 9.29. The summed E-state index contributed by atoms with van der Waals surface area (Å²) in [6, 6.07) is 29.5. The molecule has 0 fully saturated rings. The van der Waals surface area contributed by atoms with E-state index in [0.717, 1.165) is 0 Å². The van der Waals surface area contributed by atoms with Gasteiger partial charge in [-0.1, -0.05) is 79.4 Å². The Labute approximate surface area is 155 Å². The Morgan fingerprint density at radius 1 is 0.462 bits per heavy atom. The minimum Gasteiger partial charge on any atom is -0.0656 e. The Morgan fingerprint density at radius 3 is 1.69 bits per heavy atom. The van der Waals surface area contributed by atoms with Crippen LogP contribution in [0.1, 0.15) is 0 Å². The van der Waals surface area contributed by atoms with Gasteiger partial charge in [0.2, 0.25) is 0 Å². The van der Waals surface area contributed by atoms with Crippen molar-refractivity contribution in [3.63, 3.8) is 0 Å². The number of hydrogen-bond donors (Lipinski definition) is 0. The number of rotatable bonds is 1. The van der Waals surface area contributed by atoms with Crippen molar-refractivity contribution in [2.24, 2.45) is 0 Å². The van der Waals surface area contributed by atoms with E-state index in [2.05, 4.69) is 98.5 Å². The molecule has 0 aliphatic rings. The zero-order valence-electron chi connectivity index (χ0n) is 15.5. The summed E-state index contributed by atoms with van der Waals surface area (Å²) in [7, 11) is -1.40. The largest absolute Gasteiger partial charge is 0.0784 e. The molecule has 0 unspecified atom stereocenters. The molecule has 5 aromatic rings. The van der Waals surface area contributed by atoms with Crippen molar-refractivity contribution in [1.29, 1.82) is 0 Å². The van der Waals surface area contributed by atoms with E-state index in [9.17, 15) is 0 Å². The molecule has 0 heterocycles. The molecule has 0 saturated carbocycles. The topological polar surface area (TPSA) is 0 Å². The summed E-state index contributed by atoms with van der Waals surface area (Å²) in [6.07, 6.45) is 0. The molecule has 5 rings (SSSR count). The second-order valence-electron chi connectivity index (χ2n) is 8.34. The summed E-state index contributed by atoms with van der Waals surface area (Å²) in [5.74, 6) is 0. The average Bonchev–Trinajstić information content (AvgIpc) is 2.63. The van der Waals surface area contributed by atoms with Gasteiger partial charge >= 0.3 is 0 Å². The predicted molar refractivity (Wildman–Crippen MR) is 119 cm³/mol. The molecule has 0 nitrogen and oxygen atoms in total. The van der Waals surface area contributed by atoms with E-state index in [-0.39, 0.29) is 0 Å². The summed E-state index contributed by atoms with van der Waals surface area (Å²) in [4.78, 5) is 0. The fourth-order valence-electron chi connectivity index (χ4n) is 4.18. The van der Waals surface area contributed by atoms with Crippen LogP contribution in [0.5, 0.6) is 0 Å². The summed E-state index contributed by atoms with van der Waals surface area (Å²) >= 11 is 0. The van der Waals surface area contributed by atoms with E-state index >= 15 is 0 Å². The fraction of sp³-hybridized carbons (Fsp3) is 0.120. The first-order chi connectivity index (χ1) is 12.5. The van der Waals surface area contributed by atoms with Crippen LogP contribution in [0, 0.1) is 0 Å². The van der Waals surface area contributed by atoms with Crippen LogP contribution in [0.2, 0.25) is 19.6 Å². The van der Waals surface area contributed by atoms with Gasteiger partial charge in [0.05, 0.1) is 8.07 Å². The molecular formula is C25H22Si. The van der Waals surface area contributed by atoms with Crippen molar-refractivity contribution >= 4 is 56.4 Å². The minimum atomic E-state index is -1.40. The lowest BCUT2D eigenvalue weighted by Gasteiger charge is -2.20. The van der Waals surface area contributed by atoms with E-state index < -0.39 is 8.07 Å². The van der Waals surface area contributed by atoms with Gasteiger partial charge in [0.25, 0.3) is 0 Å². The second kappa shape index (κ2) is 5.42. The van der Waals surface area contributed by atoms with Gasteiger partial charge in [0.1, 0.15) is 0 Å².